The van der Waals surface area contributed by atoms with Crippen LogP contribution in [-0.4, -0.2) is 50.5 Å². The van der Waals surface area contributed by atoms with Crippen molar-refractivity contribution in [3.63, 3.8) is 0 Å². The van der Waals surface area contributed by atoms with Gasteiger partial charge in [-0.1, -0.05) is 18.2 Å². The maximum absolute atomic E-state index is 5.61. The first-order valence-corrected chi connectivity index (χ1v) is 8.23. The molecule has 1 aromatic rings. The largest absolute Gasteiger partial charge is 0.370 e. The Morgan fingerprint density at radius 3 is 2.95 bits per heavy atom. The molecule has 3 rings (SSSR count). The number of fused-ring (bicyclic) bond motifs is 1. The Bertz CT molecular complexity index is 502. The number of thiocarbonyl (C=S) groups is 1. The van der Waals surface area contributed by atoms with E-state index in [-0.39, 0.29) is 0 Å². The van der Waals surface area contributed by atoms with Gasteiger partial charge in [-0.2, -0.15) is 0 Å². The van der Waals surface area contributed by atoms with Crippen molar-refractivity contribution in [2.75, 3.05) is 44.3 Å². The van der Waals surface area contributed by atoms with Crippen LogP contribution in [0.3, 0.4) is 0 Å². The Morgan fingerprint density at radius 2 is 2.14 bits per heavy atom. The summed E-state index contributed by atoms with van der Waals surface area (Å²) in [6, 6.07) is 9.00. The lowest BCUT2D eigenvalue weighted by molar-refractivity contribution is -0.906. The number of ether oxygens (including phenoxy) is 1. The molecule has 0 aromatic heterocycles. The summed E-state index contributed by atoms with van der Waals surface area (Å²) in [4.78, 5) is 3.87. The third-order valence-electron chi connectivity index (χ3n) is 4.38. The van der Waals surface area contributed by atoms with Crippen LogP contribution in [0.25, 0.3) is 0 Å². The number of hydrogen-bond donors (Lipinski definition) is 2. The van der Waals surface area contributed by atoms with Crippen molar-refractivity contribution >= 4 is 23.0 Å². The highest BCUT2D eigenvalue weighted by atomic mass is 32.1. The van der Waals surface area contributed by atoms with Gasteiger partial charge >= 0.3 is 0 Å². The van der Waals surface area contributed by atoms with Crippen LogP contribution in [0.15, 0.2) is 24.3 Å². The van der Waals surface area contributed by atoms with E-state index in [0.29, 0.717) is 6.04 Å². The molecule has 0 radical (unpaired) electrons. The lowest BCUT2D eigenvalue weighted by Crippen LogP contribution is -3.14. The molecule has 2 N–H and O–H groups in total. The van der Waals surface area contributed by atoms with E-state index in [9.17, 15) is 0 Å². The second-order valence-electron chi connectivity index (χ2n) is 5.90. The molecule has 2 aliphatic heterocycles. The minimum atomic E-state index is 0.443. The molecule has 2 heterocycles. The van der Waals surface area contributed by atoms with Crippen LogP contribution >= 0.6 is 12.2 Å². The highest BCUT2D eigenvalue weighted by molar-refractivity contribution is 7.80. The number of morpholine rings is 1. The lowest BCUT2D eigenvalue weighted by Gasteiger charge is -2.27. The van der Waals surface area contributed by atoms with E-state index in [4.69, 9.17) is 17.0 Å². The fourth-order valence-electron chi connectivity index (χ4n) is 3.22. The Morgan fingerprint density at radius 1 is 1.38 bits per heavy atom. The zero-order valence-electron chi connectivity index (χ0n) is 12.6. The van der Waals surface area contributed by atoms with Crippen LogP contribution in [0.1, 0.15) is 12.5 Å². The van der Waals surface area contributed by atoms with Gasteiger partial charge in [0, 0.05) is 11.7 Å². The predicted molar refractivity (Wildman–Crippen MR) is 89.1 cm³/mol. The molecule has 0 unspecified atom stereocenters. The molecular formula is C16H24N3OS+. The maximum atomic E-state index is 5.61. The standard InChI is InChI=1S/C16H23N3OS/c1-13-12-14-4-2-3-5-15(14)19(13)16(21)17-6-7-18-8-10-20-11-9-18/h2-5,13H,6-12H2,1H3,(H,17,21)/p+1/t13-/m0/s1. The summed E-state index contributed by atoms with van der Waals surface area (Å²) >= 11 is 5.61. The van der Waals surface area contributed by atoms with E-state index in [1.54, 1.807) is 4.90 Å². The van der Waals surface area contributed by atoms with E-state index in [0.717, 1.165) is 50.9 Å². The summed E-state index contributed by atoms with van der Waals surface area (Å²) in [6.07, 6.45) is 1.08. The van der Waals surface area contributed by atoms with Crippen molar-refractivity contribution < 1.29 is 9.64 Å². The van der Waals surface area contributed by atoms with Gasteiger partial charge in [0.2, 0.25) is 0 Å². The fraction of sp³-hybridized carbons (Fsp3) is 0.562. The summed E-state index contributed by atoms with van der Waals surface area (Å²) < 4.78 is 5.39. The highest BCUT2D eigenvalue weighted by Crippen LogP contribution is 2.31. The van der Waals surface area contributed by atoms with E-state index < -0.39 is 0 Å². The number of benzene rings is 1. The van der Waals surface area contributed by atoms with Gasteiger partial charge in [-0.25, -0.2) is 0 Å². The molecule has 0 spiro atoms. The van der Waals surface area contributed by atoms with Crippen LogP contribution in [-0.2, 0) is 11.2 Å². The van der Waals surface area contributed by atoms with Crippen LogP contribution in [0.4, 0.5) is 5.69 Å². The zero-order valence-corrected chi connectivity index (χ0v) is 13.4. The topological polar surface area (TPSA) is 28.9 Å². The quantitative estimate of drug-likeness (QED) is 0.782. The summed E-state index contributed by atoms with van der Waals surface area (Å²) in [5.41, 5.74) is 2.66. The average molecular weight is 306 g/mol. The summed E-state index contributed by atoms with van der Waals surface area (Å²) in [6.45, 7) is 8.26. The molecule has 4 nitrogen and oxygen atoms in total. The molecule has 21 heavy (non-hydrogen) atoms. The molecule has 1 aromatic carbocycles. The van der Waals surface area contributed by atoms with Crippen molar-refractivity contribution in [1.82, 2.24) is 5.32 Å². The van der Waals surface area contributed by atoms with Gasteiger partial charge in [0.1, 0.15) is 13.1 Å². The Kier molecular flexibility index (Phi) is 4.73. The molecule has 5 heteroatoms. The summed E-state index contributed by atoms with van der Waals surface area (Å²) in [5, 5.41) is 4.30. The Balaban J connectivity index is 1.53. The fourth-order valence-corrected chi connectivity index (χ4v) is 3.60. The molecule has 114 valence electrons. The van der Waals surface area contributed by atoms with E-state index in [2.05, 4.69) is 41.4 Å². The maximum Gasteiger partial charge on any atom is 0.173 e. The van der Waals surface area contributed by atoms with Crippen molar-refractivity contribution in [2.45, 2.75) is 19.4 Å². The van der Waals surface area contributed by atoms with Crippen LogP contribution in [0.5, 0.6) is 0 Å². The first-order valence-electron chi connectivity index (χ1n) is 7.82. The average Bonchev–Trinajstić information content (AvgIpc) is 2.84. The Labute approximate surface area is 132 Å². The first-order chi connectivity index (χ1) is 10.3. The normalized spacial score (nSPS) is 22.1. The molecule has 1 atom stereocenters. The summed E-state index contributed by atoms with van der Waals surface area (Å²) in [7, 11) is 0. The van der Waals surface area contributed by atoms with Crippen LogP contribution in [0.2, 0.25) is 0 Å². The van der Waals surface area contributed by atoms with Crippen molar-refractivity contribution in [2.24, 2.45) is 0 Å². The minimum absolute atomic E-state index is 0.443. The van der Waals surface area contributed by atoms with Crippen molar-refractivity contribution in [3.8, 4) is 0 Å². The second kappa shape index (κ2) is 6.73. The number of rotatable bonds is 3. The number of nitrogens with zero attached hydrogens (tertiary/aromatic N) is 1. The predicted octanol–water partition coefficient (Wildman–Crippen LogP) is 0.227. The molecule has 0 saturated carbocycles. The number of nitrogens with one attached hydrogen (secondary N) is 2. The molecule has 0 aliphatic carbocycles. The van der Waals surface area contributed by atoms with Gasteiger partial charge < -0.3 is 19.9 Å². The van der Waals surface area contributed by atoms with Gasteiger partial charge in [0.05, 0.1) is 26.3 Å². The molecule has 1 saturated heterocycles. The first kappa shape index (κ1) is 14.8. The molecule has 1 fully saturated rings. The third-order valence-corrected chi connectivity index (χ3v) is 4.72. The number of hydrogen-bond acceptors (Lipinski definition) is 2. The molecule has 2 aliphatic rings. The SMILES string of the molecule is C[C@H]1Cc2ccccc2N1C(=S)NCC[NH+]1CCOCC1. The van der Waals surface area contributed by atoms with E-state index >= 15 is 0 Å². The number of quaternary nitrogens is 1. The molecule has 0 bridgehead atoms. The zero-order chi connectivity index (χ0) is 14.7. The Hall–Kier alpha value is -1.17. The smallest absolute Gasteiger partial charge is 0.173 e. The summed E-state index contributed by atoms with van der Waals surface area (Å²) in [5.74, 6) is 0. The van der Waals surface area contributed by atoms with Gasteiger partial charge in [-0.15, -0.1) is 0 Å². The van der Waals surface area contributed by atoms with Crippen LogP contribution in [0, 0.1) is 0 Å². The highest BCUT2D eigenvalue weighted by Gasteiger charge is 2.28. The monoisotopic (exact) mass is 306 g/mol. The molecular weight excluding hydrogens is 282 g/mol. The van der Waals surface area contributed by atoms with Crippen molar-refractivity contribution in [3.05, 3.63) is 29.8 Å². The number of anilines is 1. The van der Waals surface area contributed by atoms with E-state index in [1.165, 1.54) is 11.3 Å². The van der Waals surface area contributed by atoms with Gasteiger partial charge in [0.25, 0.3) is 0 Å². The van der Waals surface area contributed by atoms with Gasteiger partial charge in [-0.05, 0) is 37.2 Å². The third kappa shape index (κ3) is 3.36. The van der Waals surface area contributed by atoms with Gasteiger partial charge in [0.15, 0.2) is 5.11 Å². The molecule has 0 amide bonds. The van der Waals surface area contributed by atoms with E-state index in [1.807, 2.05) is 0 Å². The van der Waals surface area contributed by atoms with Crippen LogP contribution < -0.4 is 15.1 Å². The van der Waals surface area contributed by atoms with Gasteiger partial charge in [-0.3, -0.25) is 0 Å². The minimum Gasteiger partial charge on any atom is -0.370 e. The second-order valence-corrected chi connectivity index (χ2v) is 6.28. The number of para-hydroxylation sites is 1. The lowest BCUT2D eigenvalue weighted by atomic mass is 10.1. The van der Waals surface area contributed by atoms with Crippen molar-refractivity contribution in [1.29, 1.82) is 0 Å².